The third-order valence-electron chi connectivity index (χ3n) is 4.36. The Morgan fingerprint density at radius 1 is 1.52 bits per heavy atom. The van der Waals surface area contributed by atoms with Gasteiger partial charge in [0.25, 0.3) is 0 Å². The van der Waals surface area contributed by atoms with E-state index in [-0.39, 0.29) is 17.9 Å². The first-order chi connectivity index (χ1) is 10.9. The van der Waals surface area contributed by atoms with Crippen LogP contribution in [0.1, 0.15) is 25.3 Å². The van der Waals surface area contributed by atoms with Crippen LogP contribution in [0, 0.1) is 12.3 Å². The summed E-state index contributed by atoms with van der Waals surface area (Å²) in [6.07, 6.45) is 1.99. The predicted octanol–water partition coefficient (Wildman–Crippen LogP) is 2.69. The van der Waals surface area contributed by atoms with Crippen molar-refractivity contribution in [2.24, 2.45) is 5.41 Å². The molecule has 1 amide bonds. The Kier molecular flexibility index (Phi) is 5.89. The first-order valence-electron chi connectivity index (χ1n) is 7.84. The predicted molar refractivity (Wildman–Crippen MR) is 92.2 cm³/mol. The summed E-state index contributed by atoms with van der Waals surface area (Å²) in [5.74, 6) is 0.458. The molecule has 1 saturated heterocycles. The fraction of sp³-hybridized carbons (Fsp3) is 0.588. The van der Waals surface area contributed by atoms with Crippen molar-refractivity contribution in [2.75, 3.05) is 38.7 Å². The van der Waals surface area contributed by atoms with E-state index in [2.05, 4.69) is 17.1 Å². The molecule has 128 valence electrons. The number of piperidine rings is 1. The van der Waals surface area contributed by atoms with Gasteiger partial charge in [-0.05, 0) is 37.9 Å². The molecular formula is C17H25ClN2O3. The van der Waals surface area contributed by atoms with E-state index in [0.29, 0.717) is 23.0 Å². The molecule has 5 nitrogen and oxygen atoms in total. The highest BCUT2D eigenvalue weighted by Crippen LogP contribution is 2.31. The lowest BCUT2D eigenvalue weighted by Gasteiger charge is -2.38. The minimum atomic E-state index is -0.118. The molecule has 0 bridgehead atoms. The summed E-state index contributed by atoms with van der Waals surface area (Å²) < 4.78 is 5.28. The van der Waals surface area contributed by atoms with Gasteiger partial charge in [0.15, 0.2) is 0 Å². The van der Waals surface area contributed by atoms with Crippen LogP contribution in [0.5, 0.6) is 5.75 Å². The zero-order valence-corrected chi connectivity index (χ0v) is 14.7. The van der Waals surface area contributed by atoms with E-state index in [9.17, 15) is 9.90 Å². The molecule has 23 heavy (non-hydrogen) atoms. The van der Waals surface area contributed by atoms with Crippen molar-refractivity contribution >= 4 is 23.2 Å². The quantitative estimate of drug-likeness (QED) is 0.865. The number of nitrogens with zero attached hydrogens (tertiary/aromatic N) is 1. The minimum absolute atomic E-state index is 0.0905. The zero-order valence-electron chi connectivity index (χ0n) is 14.0. The van der Waals surface area contributed by atoms with E-state index in [1.54, 1.807) is 13.2 Å². The maximum absolute atomic E-state index is 12.3. The highest BCUT2D eigenvalue weighted by atomic mass is 35.5. The molecule has 1 aromatic rings. The van der Waals surface area contributed by atoms with Gasteiger partial charge in [0.1, 0.15) is 5.75 Å². The van der Waals surface area contributed by atoms with Crippen LogP contribution in [0.3, 0.4) is 0 Å². The number of aliphatic hydroxyl groups is 1. The fourth-order valence-electron chi connectivity index (χ4n) is 3.01. The van der Waals surface area contributed by atoms with Crippen molar-refractivity contribution in [3.8, 4) is 5.75 Å². The Balaban J connectivity index is 2.01. The smallest absolute Gasteiger partial charge is 0.238 e. The van der Waals surface area contributed by atoms with Crippen LogP contribution in [0.4, 0.5) is 5.69 Å². The third-order valence-corrected chi connectivity index (χ3v) is 4.77. The number of rotatable bonds is 5. The lowest BCUT2D eigenvalue weighted by Crippen LogP contribution is -2.46. The molecule has 1 aromatic carbocycles. The summed E-state index contributed by atoms with van der Waals surface area (Å²) in [7, 11) is 1.55. The van der Waals surface area contributed by atoms with Gasteiger partial charge >= 0.3 is 0 Å². The molecule has 1 aliphatic heterocycles. The molecule has 0 aromatic heterocycles. The number of benzene rings is 1. The number of hydrogen-bond acceptors (Lipinski definition) is 4. The largest absolute Gasteiger partial charge is 0.495 e. The second-order valence-corrected chi connectivity index (χ2v) is 7.04. The summed E-state index contributed by atoms with van der Waals surface area (Å²) in [6, 6.07) is 3.52. The number of halogens is 1. The van der Waals surface area contributed by atoms with Gasteiger partial charge in [-0.25, -0.2) is 0 Å². The topological polar surface area (TPSA) is 61.8 Å². The van der Waals surface area contributed by atoms with Crippen LogP contribution in [0.25, 0.3) is 0 Å². The van der Waals surface area contributed by atoms with E-state index in [1.165, 1.54) is 0 Å². The zero-order chi connectivity index (χ0) is 17.0. The Labute approximate surface area is 142 Å². The number of likely N-dealkylation sites (tertiary alicyclic amines) is 1. The Morgan fingerprint density at radius 3 is 2.91 bits per heavy atom. The molecule has 2 N–H and O–H groups in total. The SMILES string of the molecule is COc1cc(Cl)c(C)cc1NC(=O)CN1CCCC(C)(CO)C1. The number of carbonyl (C=O) groups excluding carboxylic acids is 1. The summed E-state index contributed by atoms with van der Waals surface area (Å²) in [5, 5.41) is 13.0. The number of aryl methyl sites for hydroxylation is 1. The first kappa shape index (κ1) is 18.0. The molecule has 1 atom stereocenters. The molecule has 0 aliphatic carbocycles. The lowest BCUT2D eigenvalue weighted by molar-refractivity contribution is -0.118. The van der Waals surface area contributed by atoms with E-state index in [0.717, 1.165) is 31.5 Å². The Morgan fingerprint density at radius 2 is 2.26 bits per heavy atom. The third kappa shape index (κ3) is 4.59. The number of anilines is 1. The van der Waals surface area contributed by atoms with E-state index in [1.807, 2.05) is 13.0 Å². The van der Waals surface area contributed by atoms with E-state index >= 15 is 0 Å². The molecule has 1 aliphatic rings. The standard InChI is InChI=1S/C17H25ClN2O3/c1-12-7-14(15(23-3)8-13(12)18)19-16(22)9-20-6-4-5-17(2,10-20)11-21/h7-8,21H,4-6,9-11H2,1-3H3,(H,19,22). The first-order valence-corrected chi connectivity index (χ1v) is 8.22. The van der Waals surface area contributed by atoms with Crippen molar-refractivity contribution in [1.29, 1.82) is 0 Å². The normalized spacial score (nSPS) is 22.0. The van der Waals surface area contributed by atoms with Crippen LogP contribution < -0.4 is 10.1 Å². The van der Waals surface area contributed by atoms with Gasteiger partial charge in [-0.2, -0.15) is 0 Å². The van der Waals surface area contributed by atoms with Crippen LogP contribution in [-0.2, 0) is 4.79 Å². The van der Waals surface area contributed by atoms with Gasteiger partial charge in [-0.15, -0.1) is 0 Å². The summed E-state index contributed by atoms with van der Waals surface area (Å²) in [6.45, 7) is 6.00. The molecule has 0 radical (unpaired) electrons. The number of ether oxygens (including phenoxy) is 1. The van der Waals surface area contributed by atoms with Gasteiger partial charge in [-0.1, -0.05) is 18.5 Å². The van der Waals surface area contributed by atoms with Gasteiger partial charge < -0.3 is 15.2 Å². The molecule has 0 saturated carbocycles. The van der Waals surface area contributed by atoms with Crippen molar-refractivity contribution < 1.29 is 14.6 Å². The molecule has 1 unspecified atom stereocenters. The second-order valence-electron chi connectivity index (χ2n) is 6.63. The Hall–Kier alpha value is -1.30. The van der Waals surface area contributed by atoms with Crippen molar-refractivity contribution in [3.05, 3.63) is 22.7 Å². The number of methoxy groups -OCH3 is 1. The lowest BCUT2D eigenvalue weighted by atomic mass is 9.83. The van der Waals surface area contributed by atoms with Gasteiger partial charge in [-0.3, -0.25) is 9.69 Å². The minimum Gasteiger partial charge on any atom is -0.495 e. The summed E-state index contributed by atoms with van der Waals surface area (Å²) >= 11 is 6.08. The number of aliphatic hydroxyl groups excluding tert-OH is 1. The summed E-state index contributed by atoms with van der Waals surface area (Å²) in [5.41, 5.74) is 1.39. The molecule has 1 fully saturated rings. The van der Waals surface area contributed by atoms with Gasteiger partial charge in [0.2, 0.25) is 5.91 Å². The maximum atomic E-state index is 12.3. The van der Waals surface area contributed by atoms with Crippen molar-refractivity contribution in [3.63, 3.8) is 0 Å². The van der Waals surface area contributed by atoms with Crippen LogP contribution in [0.2, 0.25) is 5.02 Å². The summed E-state index contributed by atoms with van der Waals surface area (Å²) in [4.78, 5) is 14.4. The number of amides is 1. The highest BCUT2D eigenvalue weighted by molar-refractivity contribution is 6.31. The molecule has 2 rings (SSSR count). The fourth-order valence-corrected chi connectivity index (χ4v) is 3.17. The molecular weight excluding hydrogens is 316 g/mol. The van der Waals surface area contributed by atoms with Crippen molar-refractivity contribution in [2.45, 2.75) is 26.7 Å². The van der Waals surface area contributed by atoms with E-state index < -0.39 is 0 Å². The average molecular weight is 341 g/mol. The molecule has 0 spiro atoms. The van der Waals surface area contributed by atoms with Crippen LogP contribution in [-0.4, -0.2) is 49.3 Å². The van der Waals surface area contributed by atoms with Crippen molar-refractivity contribution in [1.82, 2.24) is 4.90 Å². The monoisotopic (exact) mass is 340 g/mol. The van der Waals surface area contributed by atoms with Crippen LogP contribution in [0.15, 0.2) is 12.1 Å². The van der Waals surface area contributed by atoms with E-state index in [4.69, 9.17) is 16.3 Å². The maximum Gasteiger partial charge on any atom is 0.238 e. The molecule has 6 heteroatoms. The molecule has 1 heterocycles. The van der Waals surface area contributed by atoms with Gasteiger partial charge in [0.05, 0.1) is 19.3 Å². The average Bonchev–Trinajstić information content (AvgIpc) is 2.50. The van der Waals surface area contributed by atoms with Gasteiger partial charge in [0, 0.05) is 29.7 Å². The number of nitrogens with one attached hydrogen (secondary N) is 1. The van der Waals surface area contributed by atoms with Crippen LogP contribution >= 0.6 is 11.6 Å². The Bertz CT molecular complexity index is 579. The highest BCUT2D eigenvalue weighted by Gasteiger charge is 2.31. The number of carbonyl (C=O) groups is 1. The second kappa shape index (κ2) is 7.51. The number of hydrogen-bond donors (Lipinski definition) is 2.